The van der Waals surface area contributed by atoms with Crippen molar-refractivity contribution < 1.29 is 9.53 Å². The Bertz CT molecular complexity index is 979. The number of fused-ring (bicyclic) bond motifs is 3. The fourth-order valence-corrected chi connectivity index (χ4v) is 4.00. The maximum absolute atomic E-state index is 12.1. The van der Waals surface area contributed by atoms with E-state index in [-0.39, 0.29) is 0 Å². The summed E-state index contributed by atoms with van der Waals surface area (Å²) < 4.78 is 7.66. The van der Waals surface area contributed by atoms with E-state index in [1.807, 2.05) is 59.5 Å². The lowest BCUT2D eigenvalue weighted by atomic mass is 10.0. The van der Waals surface area contributed by atoms with Gasteiger partial charge in [-0.15, -0.1) is 0 Å². The Kier molecular flexibility index (Phi) is 4.29. The van der Waals surface area contributed by atoms with Gasteiger partial charge < -0.3 is 9.64 Å². The van der Waals surface area contributed by atoms with Crippen LogP contribution in [-0.4, -0.2) is 52.1 Å². The quantitative estimate of drug-likeness (QED) is 0.653. The van der Waals surface area contributed by atoms with Crippen molar-refractivity contribution in [3.63, 3.8) is 0 Å². The van der Waals surface area contributed by atoms with Crippen LogP contribution in [0.25, 0.3) is 11.3 Å². The third-order valence-corrected chi connectivity index (χ3v) is 5.43. The summed E-state index contributed by atoms with van der Waals surface area (Å²) in [6, 6.07) is 13.9. The van der Waals surface area contributed by atoms with Crippen molar-refractivity contribution in [3.8, 4) is 17.0 Å². The average molecular weight is 375 g/mol. The van der Waals surface area contributed by atoms with Gasteiger partial charge in [0, 0.05) is 43.5 Å². The lowest BCUT2D eigenvalue weighted by Gasteiger charge is -2.38. The number of carbonyl (C=O) groups excluding carboxylic acids is 1. The molecule has 3 aromatic rings. The van der Waals surface area contributed by atoms with Crippen molar-refractivity contribution in [1.29, 1.82) is 0 Å². The maximum atomic E-state index is 12.1. The van der Waals surface area contributed by atoms with E-state index < -0.39 is 6.17 Å². The van der Waals surface area contributed by atoms with E-state index in [1.54, 1.807) is 0 Å². The predicted octanol–water partition coefficient (Wildman–Crippen LogP) is 2.36. The van der Waals surface area contributed by atoms with Crippen LogP contribution in [0, 0.1) is 0 Å². The number of rotatable bonds is 4. The van der Waals surface area contributed by atoms with Crippen molar-refractivity contribution in [2.45, 2.75) is 12.8 Å². The first-order chi connectivity index (χ1) is 13.8. The van der Waals surface area contributed by atoms with Crippen LogP contribution in [0.15, 0.2) is 54.9 Å². The van der Waals surface area contributed by atoms with Gasteiger partial charge in [0.1, 0.15) is 18.2 Å². The number of ether oxygens (including phenoxy) is 1. The number of carbonyl (C=O) groups is 1. The molecule has 5 rings (SSSR count). The minimum absolute atomic E-state index is 0.430. The second-order valence-electron chi connectivity index (χ2n) is 7.01. The normalized spacial score (nSPS) is 17.4. The molecular formula is C21H21N5O2. The molecule has 1 aromatic carbocycles. The molecule has 1 atom stereocenters. The number of aromatic nitrogens is 3. The van der Waals surface area contributed by atoms with Gasteiger partial charge in [-0.05, 0) is 24.3 Å². The van der Waals surface area contributed by atoms with Gasteiger partial charge in [-0.25, -0.2) is 9.67 Å². The Balaban J connectivity index is 1.40. The topological polar surface area (TPSA) is 63.5 Å². The Morgan fingerprint density at radius 1 is 1.04 bits per heavy atom. The van der Waals surface area contributed by atoms with Gasteiger partial charge in [0.15, 0.2) is 12.5 Å². The van der Waals surface area contributed by atoms with Crippen LogP contribution in [0.1, 0.15) is 11.7 Å². The summed E-state index contributed by atoms with van der Waals surface area (Å²) in [6.07, 6.45) is 4.18. The second-order valence-corrected chi connectivity index (χ2v) is 7.01. The van der Waals surface area contributed by atoms with Gasteiger partial charge in [-0.3, -0.25) is 9.69 Å². The standard InChI is InChI=1S/C21H21N5O2/c27-14-20(25-11-9-24(10-12-25)19-7-3-4-8-22-19)26-21-16(13-23-26)15-28-18-6-2-1-5-17(18)21/h1-8,13-14,20H,9-12,15H2. The number of hydrogen-bond donors (Lipinski definition) is 0. The van der Waals surface area contributed by atoms with Crippen LogP contribution in [-0.2, 0) is 11.4 Å². The first kappa shape index (κ1) is 16.9. The fourth-order valence-electron chi connectivity index (χ4n) is 4.00. The van der Waals surface area contributed by atoms with Gasteiger partial charge >= 0.3 is 0 Å². The number of aldehydes is 1. The van der Waals surface area contributed by atoms with Gasteiger partial charge in [0.25, 0.3) is 0 Å². The molecule has 4 heterocycles. The zero-order chi connectivity index (χ0) is 18.9. The van der Waals surface area contributed by atoms with Crippen LogP contribution in [0.3, 0.4) is 0 Å². The number of pyridine rings is 1. The highest BCUT2D eigenvalue weighted by Gasteiger charge is 2.30. The highest BCUT2D eigenvalue weighted by atomic mass is 16.5. The van der Waals surface area contributed by atoms with Crippen LogP contribution >= 0.6 is 0 Å². The summed E-state index contributed by atoms with van der Waals surface area (Å²) >= 11 is 0. The van der Waals surface area contributed by atoms with E-state index in [4.69, 9.17) is 4.74 Å². The minimum atomic E-state index is -0.430. The predicted molar refractivity (Wildman–Crippen MR) is 105 cm³/mol. The molecule has 2 aromatic heterocycles. The van der Waals surface area contributed by atoms with Crippen LogP contribution in [0.4, 0.5) is 5.82 Å². The Morgan fingerprint density at radius 3 is 2.64 bits per heavy atom. The molecule has 0 aliphatic carbocycles. The van der Waals surface area contributed by atoms with E-state index >= 15 is 0 Å². The Labute approximate surface area is 163 Å². The molecule has 2 aliphatic rings. The number of hydrogen-bond acceptors (Lipinski definition) is 6. The first-order valence-corrected chi connectivity index (χ1v) is 9.49. The number of anilines is 1. The van der Waals surface area contributed by atoms with Crippen LogP contribution < -0.4 is 9.64 Å². The largest absolute Gasteiger partial charge is 0.488 e. The zero-order valence-electron chi connectivity index (χ0n) is 15.4. The fraction of sp³-hybridized carbons (Fsp3) is 0.286. The second kappa shape index (κ2) is 7.09. The highest BCUT2D eigenvalue weighted by Crippen LogP contribution is 2.38. The van der Waals surface area contributed by atoms with Crippen molar-refractivity contribution in [2.24, 2.45) is 0 Å². The monoisotopic (exact) mass is 375 g/mol. The number of nitrogens with zero attached hydrogens (tertiary/aromatic N) is 5. The van der Waals surface area contributed by atoms with E-state index in [2.05, 4.69) is 19.9 Å². The molecule has 0 amide bonds. The molecule has 142 valence electrons. The smallest absolute Gasteiger partial charge is 0.161 e. The Morgan fingerprint density at radius 2 is 1.86 bits per heavy atom. The molecule has 0 saturated carbocycles. The number of benzene rings is 1. The molecule has 1 unspecified atom stereocenters. The Hall–Kier alpha value is -3.19. The van der Waals surface area contributed by atoms with E-state index in [0.717, 1.165) is 60.9 Å². The summed E-state index contributed by atoms with van der Waals surface area (Å²) in [4.78, 5) is 21.0. The minimum Gasteiger partial charge on any atom is -0.488 e. The van der Waals surface area contributed by atoms with Crippen molar-refractivity contribution in [1.82, 2.24) is 19.7 Å². The molecule has 1 saturated heterocycles. The molecular weight excluding hydrogens is 354 g/mol. The average Bonchev–Trinajstić information content (AvgIpc) is 3.20. The SMILES string of the molecule is O=CC(N1CCN(c2ccccn2)CC1)n1ncc2c1-c1ccccc1OC2. The summed E-state index contributed by atoms with van der Waals surface area (Å²) in [6.45, 7) is 3.67. The molecule has 0 spiro atoms. The number of para-hydroxylation sites is 1. The number of piperazine rings is 1. The van der Waals surface area contributed by atoms with Crippen LogP contribution in [0.5, 0.6) is 5.75 Å². The van der Waals surface area contributed by atoms with E-state index in [9.17, 15) is 4.79 Å². The molecule has 0 N–H and O–H groups in total. The highest BCUT2D eigenvalue weighted by molar-refractivity contribution is 5.73. The molecule has 0 radical (unpaired) electrons. The van der Waals surface area contributed by atoms with E-state index in [1.165, 1.54) is 0 Å². The molecule has 7 heteroatoms. The first-order valence-electron chi connectivity index (χ1n) is 9.49. The van der Waals surface area contributed by atoms with Gasteiger partial charge in [-0.2, -0.15) is 5.10 Å². The summed E-state index contributed by atoms with van der Waals surface area (Å²) in [5.41, 5.74) is 2.98. The summed E-state index contributed by atoms with van der Waals surface area (Å²) in [5, 5.41) is 4.56. The summed E-state index contributed by atoms with van der Waals surface area (Å²) in [7, 11) is 0. The lowest BCUT2D eigenvalue weighted by molar-refractivity contribution is -0.115. The van der Waals surface area contributed by atoms with Gasteiger partial charge in [0.2, 0.25) is 0 Å². The molecule has 7 nitrogen and oxygen atoms in total. The van der Waals surface area contributed by atoms with Crippen molar-refractivity contribution in [3.05, 3.63) is 60.4 Å². The molecule has 2 aliphatic heterocycles. The third kappa shape index (κ3) is 2.84. The van der Waals surface area contributed by atoms with Crippen molar-refractivity contribution >= 4 is 12.1 Å². The van der Waals surface area contributed by atoms with Gasteiger partial charge in [-0.1, -0.05) is 18.2 Å². The van der Waals surface area contributed by atoms with Gasteiger partial charge in [0.05, 0.1) is 11.9 Å². The van der Waals surface area contributed by atoms with Crippen LogP contribution in [0.2, 0.25) is 0 Å². The lowest BCUT2D eigenvalue weighted by Crippen LogP contribution is -2.49. The third-order valence-electron chi connectivity index (χ3n) is 5.43. The molecule has 0 bridgehead atoms. The molecule has 1 fully saturated rings. The molecule has 28 heavy (non-hydrogen) atoms. The maximum Gasteiger partial charge on any atom is 0.161 e. The van der Waals surface area contributed by atoms with E-state index in [0.29, 0.717) is 6.61 Å². The van der Waals surface area contributed by atoms with Crippen molar-refractivity contribution in [2.75, 3.05) is 31.1 Å². The zero-order valence-corrected chi connectivity index (χ0v) is 15.4. The summed E-state index contributed by atoms with van der Waals surface area (Å²) in [5.74, 6) is 1.81.